The summed E-state index contributed by atoms with van der Waals surface area (Å²) < 4.78 is 7.41. The van der Waals surface area contributed by atoms with Crippen molar-refractivity contribution in [3.8, 4) is 22.2 Å². The quantitative estimate of drug-likeness (QED) is 0.361. The molecular formula is C17H13Cl2N5OS2. The van der Waals surface area contributed by atoms with Crippen LogP contribution < -0.4 is 0 Å². The van der Waals surface area contributed by atoms with Crippen molar-refractivity contribution in [2.24, 2.45) is 0 Å². The first-order valence-corrected chi connectivity index (χ1v) is 10.7. The molecule has 10 heteroatoms. The van der Waals surface area contributed by atoms with Crippen LogP contribution in [0.25, 0.3) is 22.2 Å². The van der Waals surface area contributed by atoms with Crippen LogP contribution in [0.15, 0.2) is 45.4 Å². The summed E-state index contributed by atoms with van der Waals surface area (Å²) >= 11 is 15.4. The Bertz CT molecular complexity index is 1060. The Morgan fingerprint density at radius 2 is 2.11 bits per heavy atom. The normalized spacial score (nSPS) is 11.2. The first-order valence-electron chi connectivity index (χ1n) is 8.03. The van der Waals surface area contributed by atoms with E-state index in [1.54, 1.807) is 29.5 Å². The zero-order valence-corrected chi connectivity index (χ0v) is 17.2. The minimum atomic E-state index is 0.342. The zero-order chi connectivity index (χ0) is 18.8. The van der Waals surface area contributed by atoms with Crippen LogP contribution in [-0.4, -0.2) is 24.9 Å². The topological polar surface area (TPSA) is 69.6 Å². The molecule has 0 saturated heterocycles. The Morgan fingerprint density at radius 1 is 1.22 bits per heavy atom. The molecule has 0 N–H and O–H groups in total. The molecule has 0 fully saturated rings. The van der Waals surface area contributed by atoms with Crippen molar-refractivity contribution in [2.75, 3.05) is 0 Å². The number of nitrogens with zero attached hydrogens (tertiary/aromatic N) is 5. The van der Waals surface area contributed by atoms with Gasteiger partial charge < -0.3 is 9.09 Å². The second-order valence-corrected chi connectivity index (χ2v) is 8.19. The number of hydrogen-bond donors (Lipinski definition) is 0. The first-order chi connectivity index (χ1) is 13.2. The number of thioether (sulfide) groups is 1. The summed E-state index contributed by atoms with van der Waals surface area (Å²) in [5.41, 5.74) is 0.615. The van der Waals surface area contributed by atoms with E-state index in [0.717, 1.165) is 22.4 Å². The smallest absolute Gasteiger partial charge is 0.259 e. The van der Waals surface area contributed by atoms with Gasteiger partial charge in [-0.05, 0) is 36.6 Å². The van der Waals surface area contributed by atoms with Gasteiger partial charge in [0.2, 0.25) is 0 Å². The van der Waals surface area contributed by atoms with Crippen molar-refractivity contribution in [2.45, 2.75) is 24.4 Å². The molecule has 6 nitrogen and oxygen atoms in total. The van der Waals surface area contributed by atoms with E-state index >= 15 is 0 Å². The molecule has 0 saturated carbocycles. The zero-order valence-electron chi connectivity index (χ0n) is 14.1. The highest BCUT2D eigenvalue weighted by atomic mass is 35.5. The Kier molecular flexibility index (Phi) is 5.49. The molecule has 0 bridgehead atoms. The van der Waals surface area contributed by atoms with Gasteiger partial charge in [-0.3, -0.25) is 0 Å². The third-order valence-electron chi connectivity index (χ3n) is 3.73. The van der Waals surface area contributed by atoms with Crippen LogP contribution in [0.1, 0.15) is 12.7 Å². The van der Waals surface area contributed by atoms with Crippen LogP contribution in [0.5, 0.6) is 0 Å². The maximum atomic E-state index is 6.19. The summed E-state index contributed by atoms with van der Waals surface area (Å²) in [5, 5.41) is 16.6. The molecule has 1 aromatic carbocycles. The van der Waals surface area contributed by atoms with Crippen molar-refractivity contribution in [3.63, 3.8) is 0 Å². The highest BCUT2D eigenvalue weighted by molar-refractivity contribution is 7.98. The molecule has 0 amide bonds. The number of halogens is 2. The van der Waals surface area contributed by atoms with Crippen LogP contribution in [-0.2, 0) is 12.3 Å². The van der Waals surface area contributed by atoms with Gasteiger partial charge in [0.1, 0.15) is 0 Å². The van der Waals surface area contributed by atoms with Crippen molar-refractivity contribution < 1.29 is 4.52 Å². The van der Waals surface area contributed by atoms with E-state index in [1.807, 2.05) is 17.5 Å². The summed E-state index contributed by atoms with van der Waals surface area (Å²) in [7, 11) is 0. The van der Waals surface area contributed by atoms with E-state index < -0.39 is 0 Å². The van der Waals surface area contributed by atoms with Crippen molar-refractivity contribution in [1.29, 1.82) is 0 Å². The van der Waals surface area contributed by atoms with Crippen LogP contribution in [0.2, 0.25) is 10.0 Å². The van der Waals surface area contributed by atoms with Crippen LogP contribution in [0.3, 0.4) is 0 Å². The average molecular weight is 438 g/mol. The molecule has 0 unspecified atom stereocenters. The fourth-order valence-electron chi connectivity index (χ4n) is 2.48. The summed E-state index contributed by atoms with van der Waals surface area (Å²) in [6, 6.07) is 9.16. The van der Waals surface area contributed by atoms with E-state index in [4.69, 9.17) is 27.7 Å². The van der Waals surface area contributed by atoms with Gasteiger partial charge in [-0.15, -0.1) is 21.5 Å². The molecule has 0 aliphatic heterocycles. The Labute approximate surface area is 173 Å². The van der Waals surface area contributed by atoms with E-state index in [2.05, 4.69) is 31.8 Å². The number of aromatic nitrogens is 5. The van der Waals surface area contributed by atoms with Crippen LogP contribution >= 0.6 is 46.3 Å². The predicted octanol–water partition coefficient (Wildman–Crippen LogP) is 5.68. The van der Waals surface area contributed by atoms with Gasteiger partial charge in [0.25, 0.3) is 5.89 Å². The molecule has 3 heterocycles. The molecule has 0 aliphatic rings. The Hall–Kier alpha value is -1.87. The summed E-state index contributed by atoms with van der Waals surface area (Å²) in [6.45, 7) is 2.84. The summed E-state index contributed by atoms with van der Waals surface area (Å²) in [5.74, 6) is 2.27. The number of hydrogen-bond acceptors (Lipinski definition) is 7. The monoisotopic (exact) mass is 437 g/mol. The highest BCUT2D eigenvalue weighted by Gasteiger charge is 2.17. The number of benzene rings is 1. The van der Waals surface area contributed by atoms with Gasteiger partial charge in [0.05, 0.1) is 21.2 Å². The van der Waals surface area contributed by atoms with Gasteiger partial charge in [0, 0.05) is 11.6 Å². The Morgan fingerprint density at radius 3 is 2.89 bits per heavy atom. The van der Waals surface area contributed by atoms with Crippen LogP contribution in [0.4, 0.5) is 0 Å². The predicted molar refractivity (Wildman–Crippen MR) is 108 cm³/mol. The van der Waals surface area contributed by atoms with Crippen LogP contribution in [0, 0.1) is 0 Å². The maximum Gasteiger partial charge on any atom is 0.259 e. The number of rotatable bonds is 6. The third kappa shape index (κ3) is 3.89. The van der Waals surface area contributed by atoms with E-state index in [-0.39, 0.29) is 0 Å². The van der Waals surface area contributed by atoms with Crippen molar-refractivity contribution in [1.82, 2.24) is 24.9 Å². The van der Waals surface area contributed by atoms with Crippen molar-refractivity contribution >= 4 is 46.3 Å². The second-order valence-electron chi connectivity index (χ2n) is 5.46. The second kappa shape index (κ2) is 8.02. The van der Waals surface area contributed by atoms with Gasteiger partial charge in [-0.1, -0.05) is 46.2 Å². The standard InChI is InChI=1S/C17H13Cl2N5OS2/c1-2-24-15(13-4-3-7-26-13)21-22-17(24)27-9-14-20-16(25-23-14)11-8-10(18)5-6-12(11)19/h3-8H,2,9H2,1H3. The fourth-order valence-corrected chi connectivity index (χ4v) is 4.41. The SMILES string of the molecule is CCn1c(SCc2noc(-c3cc(Cl)ccc3Cl)n2)nnc1-c1cccs1. The molecule has 27 heavy (non-hydrogen) atoms. The average Bonchev–Trinajstić information content (AvgIpc) is 3.41. The van der Waals surface area contributed by atoms with Gasteiger partial charge in [-0.2, -0.15) is 4.98 Å². The summed E-state index contributed by atoms with van der Waals surface area (Å²) in [6.07, 6.45) is 0. The highest BCUT2D eigenvalue weighted by Crippen LogP contribution is 2.31. The minimum Gasteiger partial charge on any atom is -0.334 e. The first kappa shape index (κ1) is 18.5. The molecule has 4 rings (SSSR count). The molecule has 0 radical (unpaired) electrons. The lowest BCUT2D eigenvalue weighted by Crippen LogP contribution is -1.99. The van der Waals surface area contributed by atoms with Gasteiger partial charge >= 0.3 is 0 Å². The molecule has 138 valence electrons. The lowest BCUT2D eigenvalue weighted by molar-refractivity contribution is 0.425. The molecular weight excluding hydrogens is 425 g/mol. The fraction of sp³-hybridized carbons (Fsp3) is 0.176. The maximum absolute atomic E-state index is 6.19. The van der Waals surface area contributed by atoms with Gasteiger partial charge in [0.15, 0.2) is 16.8 Å². The van der Waals surface area contributed by atoms with Crippen molar-refractivity contribution in [3.05, 3.63) is 51.6 Å². The largest absolute Gasteiger partial charge is 0.334 e. The Balaban J connectivity index is 1.52. The molecule has 0 aliphatic carbocycles. The molecule has 4 aromatic rings. The summed E-state index contributed by atoms with van der Waals surface area (Å²) in [4.78, 5) is 5.50. The minimum absolute atomic E-state index is 0.342. The third-order valence-corrected chi connectivity index (χ3v) is 6.13. The molecule has 0 spiro atoms. The van der Waals surface area contributed by atoms with E-state index in [0.29, 0.717) is 33.1 Å². The van der Waals surface area contributed by atoms with Gasteiger partial charge in [-0.25, -0.2) is 0 Å². The van der Waals surface area contributed by atoms with E-state index in [9.17, 15) is 0 Å². The molecule has 0 atom stereocenters. The molecule has 3 aromatic heterocycles. The lowest BCUT2D eigenvalue weighted by atomic mass is 10.2. The van der Waals surface area contributed by atoms with E-state index in [1.165, 1.54) is 11.8 Å². The number of thiophene rings is 1. The lowest BCUT2D eigenvalue weighted by Gasteiger charge is -2.04.